The third-order valence-electron chi connectivity index (χ3n) is 5.79. The number of carbonyl (C=O) groups is 2. The number of primary amides is 1. The largest absolute Gasteiger partial charge is 0.369 e. The lowest BCUT2D eigenvalue weighted by atomic mass is 9.72. The van der Waals surface area contributed by atoms with E-state index in [1.54, 1.807) is 35.9 Å². The molecule has 1 saturated heterocycles. The molecule has 0 spiro atoms. The van der Waals surface area contributed by atoms with E-state index in [0.717, 1.165) is 11.1 Å². The van der Waals surface area contributed by atoms with Crippen molar-refractivity contribution in [1.82, 2.24) is 9.88 Å². The first-order valence-electron chi connectivity index (χ1n) is 9.70. The number of hydrogen-bond donors (Lipinski definition) is 1. The van der Waals surface area contributed by atoms with Crippen LogP contribution < -0.4 is 5.73 Å². The molecule has 29 heavy (non-hydrogen) atoms. The number of likely N-dealkylation sites (tertiary alicyclic amines) is 1. The van der Waals surface area contributed by atoms with Gasteiger partial charge in [0.25, 0.3) is 5.91 Å². The van der Waals surface area contributed by atoms with Crippen molar-refractivity contribution < 1.29 is 9.59 Å². The topological polar surface area (TPSA) is 76.3 Å². The Morgan fingerprint density at radius 1 is 1.03 bits per heavy atom. The number of nitrogens with two attached hydrogens (primary N) is 1. The number of nitrogens with zero attached hydrogens (tertiary/aromatic N) is 2. The van der Waals surface area contributed by atoms with E-state index in [4.69, 9.17) is 5.73 Å². The minimum absolute atomic E-state index is 0.0237. The Balaban J connectivity index is 1.54. The Kier molecular flexibility index (Phi) is 5.45. The van der Waals surface area contributed by atoms with E-state index in [1.165, 1.54) is 4.88 Å². The molecule has 0 aliphatic carbocycles. The van der Waals surface area contributed by atoms with Gasteiger partial charge in [-0.3, -0.25) is 14.6 Å². The Hall–Kier alpha value is -2.99. The third kappa shape index (κ3) is 3.93. The number of hydrogen-bond acceptors (Lipinski definition) is 4. The lowest BCUT2D eigenvalue weighted by Gasteiger charge is -2.40. The van der Waals surface area contributed by atoms with Crippen LogP contribution in [0.3, 0.4) is 0 Å². The van der Waals surface area contributed by atoms with Gasteiger partial charge in [-0.1, -0.05) is 30.3 Å². The highest BCUT2D eigenvalue weighted by Gasteiger charge is 2.41. The maximum absolute atomic E-state index is 12.7. The Morgan fingerprint density at radius 3 is 2.41 bits per heavy atom. The first kappa shape index (κ1) is 19.3. The molecule has 148 valence electrons. The Labute approximate surface area is 174 Å². The van der Waals surface area contributed by atoms with Crippen LogP contribution in [-0.4, -0.2) is 34.8 Å². The average Bonchev–Trinajstić information content (AvgIpc) is 3.29. The highest BCUT2D eigenvalue weighted by atomic mass is 32.1. The summed E-state index contributed by atoms with van der Waals surface area (Å²) in [4.78, 5) is 32.2. The maximum Gasteiger partial charge on any atom is 0.253 e. The van der Waals surface area contributed by atoms with Gasteiger partial charge in [-0.15, -0.1) is 11.3 Å². The molecule has 3 aromatic rings. The second-order valence-corrected chi connectivity index (χ2v) is 8.43. The summed E-state index contributed by atoms with van der Waals surface area (Å²) < 4.78 is 0. The number of aromatic nitrogens is 1. The summed E-state index contributed by atoms with van der Waals surface area (Å²) in [6.07, 6.45) is 4.96. The first-order chi connectivity index (χ1) is 14.1. The van der Waals surface area contributed by atoms with E-state index in [1.807, 2.05) is 23.1 Å². The molecule has 4 rings (SSSR count). The van der Waals surface area contributed by atoms with Crippen LogP contribution in [0.4, 0.5) is 0 Å². The van der Waals surface area contributed by atoms with Crippen molar-refractivity contribution in [1.29, 1.82) is 0 Å². The molecule has 0 bridgehead atoms. The van der Waals surface area contributed by atoms with Crippen LogP contribution in [0.1, 0.15) is 28.8 Å². The normalized spacial score (nSPS) is 15.8. The molecular formula is C23H23N3O2S. The minimum atomic E-state index is -0.637. The first-order valence-corrected chi connectivity index (χ1v) is 10.6. The van der Waals surface area contributed by atoms with Crippen molar-refractivity contribution in [3.8, 4) is 10.4 Å². The predicted octanol–water partition coefficient (Wildman–Crippen LogP) is 3.76. The summed E-state index contributed by atoms with van der Waals surface area (Å²) >= 11 is 1.69. The molecule has 0 radical (unpaired) electrons. The van der Waals surface area contributed by atoms with Gasteiger partial charge in [0.2, 0.25) is 5.91 Å². The van der Waals surface area contributed by atoms with E-state index in [9.17, 15) is 9.59 Å². The number of piperidine rings is 1. The zero-order chi connectivity index (χ0) is 20.3. The minimum Gasteiger partial charge on any atom is -0.369 e. The van der Waals surface area contributed by atoms with E-state index in [0.29, 0.717) is 37.9 Å². The molecule has 1 fully saturated rings. The van der Waals surface area contributed by atoms with Gasteiger partial charge in [0.15, 0.2) is 0 Å². The van der Waals surface area contributed by atoms with Crippen LogP contribution in [0, 0.1) is 5.41 Å². The van der Waals surface area contributed by atoms with Gasteiger partial charge in [0, 0.05) is 35.9 Å². The van der Waals surface area contributed by atoms with E-state index in [2.05, 4.69) is 28.6 Å². The van der Waals surface area contributed by atoms with Gasteiger partial charge in [-0.25, -0.2) is 0 Å². The third-order valence-corrected chi connectivity index (χ3v) is 6.69. The lowest BCUT2D eigenvalue weighted by molar-refractivity contribution is -0.130. The molecule has 2 aromatic heterocycles. The van der Waals surface area contributed by atoms with E-state index in [-0.39, 0.29) is 11.8 Å². The summed E-state index contributed by atoms with van der Waals surface area (Å²) in [6, 6.07) is 15.8. The van der Waals surface area contributed by atoms with Gasteiger partial charge < -0.3 is 10.6 Å². The summed E-state index contributed by atoms with van der Waals surface area (Å²) in [7, 11) is 0. The van der Waals surface area contributed by atoms with Gasteiger partial charge in [-0.05, 0) is 54.0 Å². The number of amides is 2. The zero-order valence-corrected chi connectivity index (χ0v) is 16.9. The van der Waals surface area contributed by atoms with Crippen LogP contribution in [-0.2, 0) is 11.2 Å². The number of rotatable bonds is 5. The number of thiophene rings is 1. The van der Waals surface area contributed by atoms with Crippen LogP contribution in [0.25, 0.3) is 10.4 Å². The molecule has 1 aliphatic rings. The predicted molar refractivity (Wildman–Crippen MR) is 114 cm³/mol. The molecule has 6 heteroatoms. The molecule has 5 nitrogen and oxygen atoms in total. The van der Waals surface area contributed by atoms with Gasteiger partial charge in [-0.2, -0.15) is 0 Å². The fourth-order valence-electron chi connectivity index (χ4n) is 4.04. The number of benzene rings is 1. The SMILES string of the molecule is NC(=O)C1(Cc2ccccc2-c2cccs2)CCN(C(=O)c2ccncc2)CC1. The van der Waals surface area contributed by atoms with Crippen LogP contribution in [0.15, 0.2) is 66.3 Å². The van der Waals surface area contributed by atoms with Crippen molar-refractivity contribution in [2.24, 2.45) is 11.1 Å². The molecule has 2 N–H and O–H groups in total. The van der Waals surface area contributed by atoms with Crippen molar-refractivity contribution in [2.45, 2.75) is 19.3 Å². The van der Waals surface area contributed by atoms with Crippen molar-refractivity contribution in [2.75, 3.05) is 13.1 Å². The smallest absolute Gasteiger partial charge is 0.253 e. The molecule has 3 heterocycles. The Morgan fingerprint density at radius 2 is 1.76 bits per heavy atom. The van der Waals surface area contributed by atoms with Crippen molar-refractivity contribution >= 4 is 23.2 Å². The van der Waals surface area contributed by atoms with E-state index < -0.39 is 5.41 Å². The second kappa shape index (κ2) is 8.17. The molecule has 2 amide bonds. The fraction of sp³-hybridized carbons (Fsp3) is 0.261. The highest BCUT2D eigenvalue weighted by Crippen LogP contribution is 2.38. The molecule has 1 aromatic carbocycles. The second-order valence-electron chi connectivity index (χ2n) is 7.48. The monoisotopic (exact) mass is 405 g/mol. The van der Waals surface area contributed by atoms with Crippen LogP contribution >= 0.6 is 11.3 Å². The Bertz CT molecular complexity index is 994. The molecule has 0 unspecified atom stereocenters. The zero-order valence-electron chi connectivity index (χ0n) is 16.1. The summed E-state index contributed by atoms with van der Waals surface area (Å²) in [5.41, 5.74) is 8.17. The van der Waals surface area contributed by atoms with Crippen molar-refractivity contribution in [3.63, 3.8) is 0 Å². The summed E-state index contributed by atoms with van der Waals surface area (Å²) in [5.74, 6) is -0.307. The standard InChI is InChI=1S/C23H23N3O2S/c24-22(28)23(16-18-4-1-2-5-19(18)20-6-3-15-29-20)9-13-26(14-10-23)21(27)17-7-11-25-12-8-17/h1-8,11-12,15H,9-10,13-14,16H2,(H2,24,28). The van der Waals surface area contributed by atoms with Crippen molar-refractivity contribution in [3.05, 3.63) is 77.4 Å². The molecule has 0 atom stereocenters. The fourth-order valence-corrected chi connectivity index (χ4v) is 4.82. The van der Waals surface area contributed by atoms with Gasteiger partial charge >= 0.3 is 0 Å². The number of carbonyl (C=O) groups excluding carboxylic acids is 2. The van der Waals surface area contributed by atoms with Gasteiger partial charge in [0.1, 0.15) is 0 Å². The molecule has 0 saturated carbocycles. The molecular weight excluding hydrogens is 382 g/mol. The quantitative estimate of drug-likeness (QED) is 0.702. The molecule has 1 aliphatic heterocycles. The lowest BCUT2D eigenvalue weighted by Crippen LogP contribution is -2.50. The van der Waals surface area contributed by atoms with Gasteiger partial charge in [0.05, 0.1) is 5.41 Å². The van der Waals surface area contributed by atoms with Crippen LogP contribution in [0.5, 0.6) is 0 Å². The highest BCUT2D eigenvalue weighted by molar-refractivity contribution is 7.13. The summed E-state index contributed by atoms with van der Waals surface area (Å²) in [5, 5.41) is 2.05. The summed E-state index contributed by atoms with van der Waals surface area (Å²) in [6.45, 7) is 1.04. The van der Waals surface area contributed by atoms with Crippen LogP contribution in [0.2, 0.25) is 0 Å². The maximum atomic E-state index is 12.7. The van der Waals surface area contributed by atoms with E-state index >= 15 is 0 Å². The number of pyridine rings is 1. The average molecular weight is 406 g/mol.